The summed E-state index contributed by atoms with van der Waals surface area (Å²) in [5.41, 5.74) is 5.58. The molecule has 0 unspecified atom stereocenters. The Hall–Kier alpha value is -2.57. The number of halogens is 2. The molecule has 35 heavy (non-hydrogen) atoms. The van der Waals surface area contributed by atoms with E-state index in [1.54, 1.807) is 18.2 Å². The second-order valence-corrected chi connectivity index (χ2v) is 9.52. The van der Waals surface area contributed by atoms with Gasteiger partial charge in [0.05, 0.1) is 12.2 Å². The van der Waals surface area contributed by atoms with E-state index in [2.05, 4.69) is 23.5 Å². The second-order valence-electron chi connectivity index (χ2n) is 9.08. The fourth-order valence-electron chi connectivity index (χ4n) is 4.42. The highest BCUT2D eigenvalue weighted by molar-refractivity contribution is 6.30. The Morgan fingerprint density at radius 3 is 2.43 bits per heavy atom. The molecule has 3 aromatic carbocycles. The molecule has 0 saturated carbocycles. The summed E-state index contributed by atoms with van der Waals surface area (Å²) in [6.07, 6.45) is 2.16. The van der Waals surface area contributed by atoms with Crippen molar-refractivity contribution in [1.82, 2.24) is 5.32 Å². The van der Waals surface area contributed by atoms with Gasteiger partial charge in [0, 0.05) is 17.6 Å². The molecule has 3 N–H and O–H groups in total. The summed E-state index contributed by atoms with van der Waals surface area (Å²) in [6, 6.07) is 19.3. The standard InChI is InChI=1S/C28H30ClNO4.ClH/c1-17(2)34-27-15-21(8-12-25(27)28(32)33)20-4-3-18-7-11-24(14-22(18)13-20)30-16-26(31)19-5-9-23(29)10-6-19;/h3-6,8-10,12-13,15,17,24,26,30-31H,7,11,14,16H2,1-2H3,(H,32,33);1H/t24-,26-;/m0./s1. The Labute approximate surface area is 217 Å². The van der Waals surface area contributed by atoms with Crippen LogP contribution in [0.1, 0.15) is 53.4 Å². The van der Waals surface area contributed by atoms with Crippen molar-refractivity contribution < 1.29 is 19.7 Å². The molecular weight excluding hydrogens is 485 g/mol. The van der Waals surface area contributed by atoms with Crippen LogP contribution in [0.2, 0.25) is 5.02 Å². The van der Waals surface area contributed by atoms with Crippen LogP contribution in [0.4, 0.5) is 0 Å². The maximum Gasteiger partial charge on any atom is 0.339 e. The Balaban J connectivity index is 0.00000342. The molecule has 4 rings (SSSR count). The number of hydrogen-bond acceptors (Lipinski definition) is 4. The summed E-state index contributed by atoms with van der Waals surface area (Å²) in [4.78, 5) is 11.6. The van der Waals surface area contributed by atoms with Crippen LogP contribution in [0.25, 0.3) is 11.1 Å². The van der Waals surface area contributed by atoms with E-state index in [9.17, 15) is 15.0 Å². The molecule has 0 heterocycles. The number of aromatic carboxylic acids is 1. The maximum atomic E-state index is 11.6. The molecule has 1 aliphatic carbocycles. The van der Waals surface area contributed by atoms with E-state index in [0.717, 1.165) is 36.0 Å². The van der Waals surface area contributed by atoms with Gasteiger partial charge in [0.2, 0.25) is 0 Å². The van der Waals surface area contributed by atoms with Crippen LogP contribution in [0.3, 0.4) is 0 Å². The van der Waals surface area contributed by atoms with Crippen molar-refractivity contribution in [3.63, 3.8) is 0 Å². The molecule has 5 nitrogen and oxygen atoms in total. The minimum Gasteiger partial charge on any atom is -0.490 e. The highest BCUT2D eigenvalue weighted by Gasteiger charge is 2.21. The monoisotopic (exact) mass is 515 g/mol. The predicted octanol–water partition coefficient (Wildman–Crippen LogP) is 6.09. The van der Waals surface area contributed by atoms with E-state index >= 15 is 0 Å². The summed E-state index contributed by atoms with van der Waals surface area (Å²) < 4.78 is 5.77. The van der Waals surface area contributed by atoms with Crippen molar-refractivity contribution in [2.45, 2.75) is 51.4 Å². The van der Waals surface area contributed by atoms with Gasteiger partial charge in [0.15, 0.2) is 0 Å². The predicted molar refractivity (Wildman–Crippen MR) is 142 cm³/mol. The number of carbonyl (C=O) groups is 1. The largest absolute Gasteiger partial charge is 0.490 e. The first-order valence-corrected chi connectivity index (χ1v) is 12.0. The van der Waals surface area contributed by atoms with Crippen LogP contribution in [0, 0.1) is 0 Å². The topological polar surface area (TPSA) is 78.8 Å². The number of carboxylic acids is 1. The van der Waals surface area contributed by atoms with E-state index in [-0.39, 0.29) is 30.1 Å². The van der Waals surface area contributed by atoms with Crippen molar-refractivity contribution >= 4 is 30.0 Å². The lowest BCUT2D eigenvalue weighted by Gasteiger charge is -2.27. The SMILES string of the molecule is CC(C)Oc1cc(-c2ccc3c(c2)C[C@@H](NC[C@H](O)c2ccc(Cl)cc2)CC3)ccc1C(=O)O.Cl. The highest BCUT2D eigenvalue weighted by atomic mass is 35.5. The number of hydrogen-bond donors (Lipinski definition) is 3. The zero-order chi connectivity index (χ0) is 24.2. The van der Waals surface area contributed by atoms with Crippen LogP contribution in [-0.4, -0.2) is 34.9 Å². The zero-order valence-electron chi connectivity index (χ0n) is 19.8. The average molecular weight is 516 g/mol. The van der Waals surface area contributed by atoms with Gasteiger partial charge in [-0.2, -0.15) is 0 Å². The number of aliphatic hydroxyl groups excluding tert-OH is 1. The first-order chi connectivity index (χ1) is 16.3. The molecule has 0 fully saturated rings. The third-order valence-corrected chi connectivity index (χ3v) is 6.45. The first-order valence-electron chi connectivity index (χ1n) is 11.6. The fraction of sp³-hybridized carbons (Fsp3) is 0.321. The van der Waals surface area contributed by atoms with Crippen LogP contribution in [0.5, 0.6) is 5.75 Å². The lowest BCUT2D eigenvalue weighted by atomic mass is 9.86. The van der Waals surface area contributed by atoms with E-state index in [1.807, 2.05) is 38.1 Å². The normalized spacial score (nSPS) is 15.7. The Bertz CT molecular complexity index is 1160. The third-order valence-electron chi connectivity index (χ3n) is 6.20. The minimum atomic E-state index is -0.998. The van der Waals surface area contributed by atoms with Gasteiger partial charge in [-0.1, -0.05) is 48.0 Å². The lowest BCUT2D eigenvalue weighted by Crippen LogP contribution is -2.37. The van der Waals surface area contributed by atoms with Crippen molar-refractivity contribution in [3.05, 3.63) is 87.9 Å². The number of aliphatic hydroxyl groups is 1. The van der Waals surface area contributed by atoms with Gasteiger partial charge in [0.25, 0.3) is 0 Å². The molecule has 0 amide bonds. The molecule has 0 aromatic heterocycles. The number of ether oxygens (including phenoxy) is 1. The number of rotatable bonds is 8. The van der Waals surface area contributed by atoms with Gasteiger partial charge < -0.3 is 20.3 Å². The van der Waals surface area contributed by atoms with Gasteiger partial charge in [0.1, 0.15) is 11.3 Å². The van der Waals surface area contributed by atoms with E-state index in [4.69, 9.17) is 16.3 Å². The molecule has 0 spiro atoms. The fourth-order valence-corrected chi connectivity index (χ4v) is 4.55. The van der Waals surface area contributed by atoms with Crippen molar-refractivity contribution in [2.24, 2.45) is 0 Å². The zero-order valence-corrected chi connectivity index (χ0v) is 21.4. The lowest BCUT2D eigenvalue weighted by molar-refractivity contribution is 0.0690. The number of carboxylic acid groups (broad SMARTS) is 1. The molecule has 0 radical (unpaired) electrons. The molecule has 0 bridgehead atoms. The number of fused-ring (bicyclic) bond motifs is 1. The Morgan fingerprint density at radius 2 is 1.74 bits per heavy atom. The van der Waals surface area contributed by atoms with Crippen LogP contribution in [0.15, 0.2) is 60.7 Å². The van der Waals surface area contributed by atoms with Gasteiger partial charge in [-0.3, -0.25) is 0 Å². The summed E-state index contributed by atoms with van der Waals surface area (Å²) in [5, 5.41) is 24.2. The third kappa shape index (κ3) is 6.77. The van der Waals surface area contributed by atoms with Crippen LogP contribution < -0.4 is 10.1 Å². The summed E-state index contributed by atoms with van der Waals surface area (Å²) in [5.74, 6) is -0.615. The van der Waals surface area contributed by atoms with Crippen molar-refractivity contribution in [1.29, 1.82) is 0 Å². The Morgan fingerprint density at radius 1 is 1.06 bits per heavy atom. The molecule has 0 saturated heterocycles. The molecule has 1 aliphatic rings. The molecule has 3 aromatic rings. The summed E-state index contributed by atoms with van der Waals surface area (Å²) in [7, 11) is 0. The molecule has 2 atom stereocenters. The van der Waals surface area contributed by atoms with E-state index < -0.39 is 12.1 Å². The van der Waals surface area contributed by atoms with Crippen LogP contribution >= 0.6 is 24.0 Å². The van der Waals surface area contributed by atoms with Gasteiger partial charge >= 0.3 is 5.97 Å². The van der Waals surface area contributed by atoms with Crippen LogP contribution in [-0.2, 0) is 12.8 Å². The average Bonchev–Trinajstić information content (AvgIpc) is 2.82. The maximum absolute atomic E-state index is 11.6. The highest BCUT2D eigenvalue weighted by Crippen LogP contribution is 2.32. The summed E-state index contributed by atoms with van der Waals surface area (Å²) >= 11 is 5.94. The minimum absolute atomic E-state index is 0. The van der Waals surface area contributed by atoms with E-state index in [0.29, 0.717) is 17.3 Å². The molecular formula is C28H31Cl2NO4. The smallest absolute Gasteiger partial charge is 0.339 e. The second kappa shape index (κ2) is 11.9. The number of benzene rings is 3. The first kappa shape index (κ1) is 27.0. The van der Waals surface area contributed by atoms with Crippen molar-refractivity contribution in [2.75, 3.05) is 6.54 Å². The molecule has 0 aliphatic heterocycles. The van der Waals surface area contributed by atoms with Gasteiger partial charge in [-0.25, -0.2) is 4.79 Å². The molecule has 7 heteroatoms. The summed E-state index contributed by atoms with van der Waals surface area (Å²) in [6.45, 7) is 4.25. The van der Waals surface area contributed by atoms with Crippen molar-refractivity contribution in [3.8, 4) is 16.9 Å². The molecule has 186 valence electrons. The van der Waals surface area contributed by atoms with E-state index in [1.165, 1.54) is 11.1 Å². The quantitative estimate of drug-likeness (QED) is 0.338. The number of nitrogens with one attached hydrogen (secondary N) is 1. The Kier molecular flexibility index (Phi) is 9.20. The van der Waals surface area contributed by atoms with Gasteiger partial charge in [-0.05, 0) is 85.2 Å². The van der Waals surface area contributed by atoms with Gasteiger partial charge in [-0.15, -0.1) is 12.4 Å². The number of aryl methyl sites for hydroxylation is 1.